The largest absolute Gasteiger partial charge is 0.394 e. The van der Waals surface area contributed by atoms with E-state index in [1.807, 2.05) is 30.3 Å². The number of aromatic nitrogens is 1. The van der Waals surface area contributed by atoms with Crippen molar-refractivity contribution in [3.63, 3.8) is 0 Å². The second-order valence-corrected chi connectivity index (χ2v) is 5.66. The van der Waals surface area contributed by atoms with E-state index in [1.165, 1.54) is 5.56 Å². The number of para-hydroxylation sites is 1. The van der Waals surface area contributed by atoms with E-state index < -0.39 is 6.10 Å². The number of benzene rings is 2. The first kappa shape index (κ1) is 18.2. The highest BCUT2D eigenvalue weighted by Gasteiger charge is 2.09. The molecule has 0 amide bonds. The fourth-order valence-corrected chi connectivity index (χ4v) is 2.49. The van der Waals surface area contributed by atoms with Crippen molar-refractivity contribution in [2.45, 2.75) is 13.0 Å². The van der Waals surface area contributed by atoms with Crippen LogP contribution in [0.4, 0.5) is 5.69 Å². The Morgan fingerprint density at radius 1 is 1.08 bits per heavy atom. The van der Waals surface area contributed by atoms with Gasteiger partial charge in [-0.1, -0.05) is 48.0 Å². The van der Waals surface area contributed by atoms with E-state index in [-0.39, 0.29) is 25.6 Å². The van der Waals surface area contributed by atoms with Gasteiger partial charge in [-0.05, 0) is 19.1 Å². The molecule has 3 N–H and O–H groups in total. The number of anilines is 1. The van der Waals surface area contributed by atoms with Gasteiger partial charge in [0.2, 0.25) is 0 Å². The Labute approximate surface area is 147 Å². The number of nitrogens with one attached hydrogen (secondary N) is 1. The molecule has 3 rings (SSSR count). The first-order valence-electron chi connectivity index (χ1n) is 7.67. The van der Waals surface area contributed by atoms with Crippen LogP contribution in [0, 0.1) is 6.92 Å². The molecule has 4 nitrogen and oxygen atoms in total. The normalized spacial score (nSPS) is 11.8. The molecule has 0 radical (unpaired) electrons. The summed E-state index contributed by atoms with van der Waals surface area (Å²) in [6.45, 7) is 2.08. The lowest BCUT2D eigenvalue weighted by Gasteiger charge is -2.14. The molecule has 126 valence electrons. The molecule has 24 heavy (non-hydrogen) atoms. The Morgan fingerprint density at radius 2 is 1.79 bits per heavy atom. The smallest absolute Gasteiger partial charge is 0.0942 e. The van der Waals surface area contributed by atoms with Gasteiger partial charge in [0, 0.05) is 23.2 Å². The summed E-state index contributed by atoms with van der Waals surface area (Å²) in [5.41, 5.74) is 4.93. The summed E-state index contributed by atoms with van der Waals surface area (Å²) in [6, 6.07) is 18.1. The highest BCUT2D eigenvalue weighted by molar-refractivity contribution is 5.93. The molecule has 0 fully saturated rings. The Bertz CT molecular complexity index is 806. The van der Waals surface area contributed by atoms with E-state index in [4.69, 9.17) is 10.1 Å². The predicted octanol–water partition coefficient (Wildman–Crippen LogP) is 3.40. The van der Waals surface area contributed by atoms with Crippen molar-refractivity contribution in [3.8, 4) is 11.3 Å². The maximum Gasteiger partial charge on any atom is 0.0942 e. The summed E-state index contributed by atoms with van der Waals surface area (Å²) in [6.07, 6.45) is -0.787. The first-order valence-corrected chi connectivity index (χ1v) is 7.67. The third kappa shape index (κ3) is 4.03. The standard InChI is InChI=1S/C19H20N2O2.ClH/c1-13-6-8-14(9-7-13)18-10-19(20-11-15(23)12-22)16-4-2-3-5-17(16)21-18;/h2-10,15,22-23H,11-12H2,1H3,(H,20,21);1H/t15-;/m0./s1. The number of fused-ring (bicyclic) bond motifs is 1. The second-order valence-electron chi connectivity index (χ2n) is 5.66. The molecule has 0 saturated carbocycles. The maximum absolute atomic E-state index is 9.58. The lowest BCUT2D eigenvalue weighted by Crippen LogP contribution is -2.23. The van der Waals surface area contributed by atoms with Gasteiger partial charge in [-0.2, -0.15) is 0 Å². The van der Waals surface area contributed by atoms with Crippen LogP contribution in [0.25, 0.3) is 22.2 Å². The van der Waals surface area contributed by atoms with E-state index in [0.717, 1.165) is 27.8 Å². The fourth-order valence-electron chi connectivity index (χ4n) is 2.49. The van der Waals surface area contributed by atoms with Crippen molar-refractivity contribution in [2.24, 2.45) is 0 Å². The molecule has 2 aromatic carbocycles. The number of halogens is 1. The molecule has 3 aromatic rings. The number of hydrogen-bond acceptors (Lipinski definition) is 4. The van der Waals surface area contributed by atoms with Crippen molar-refractivity contribution in [1.29, 1.82) is 0 Å². The molecule has 0 aliphatic carbocycles. The number of aliphatic hydroxyl groups is 2. The van der Waals surface area contributed by atoms with Gasteiger partial charge in [-0.15, -0.1) is 12.4 Å². The van der Waals surface area contributed by atoms with Crippen LogP contribution in [0.3, 0.4) is 0 Å². The van der Waals surface area contributed by atoms with Crippen LogP contribution in [0.1, 0.15) is 5.56 Å². The van der Waals surface area contributed by atoms with Gasteiger partial charge in [0.1, 0.15) is 0 Å². The molecule has 0 spiro atoms. The van der Waals surface area contributed by atoms with Crippen LogP contribution in [-0.2, 0) is 0 Å². The van der Waals surface area contributed by atoms with E-state index in [0.29, 0.717) is 0 Å². The highest BCUT2D eigenvalue weighted by Crippen LogP contribution is 2.28. The van der Waals surface area contributed by atoms with E-state index in [2.05, 4.69) is 36.5 Å². The molecule has 0 aliphatic rings. The van der Waals surface area contributed by atoms with Crippen LogP contribution in [0.5, 0.6) is 0 Å². The van der Waals surface area contributed by atoms with Gasteiger partial charge in [-0.25, -0.2) is 4.98 Å². The summed E-state index contributed by atoms with van der Waals surface area (Å²) in [4.78, 5) is 4.73. The topological polar surface area (TPSA) is 65.4 Å². The van der Waals surface area contributed by atoms with E-state index in [1.54, 1.807) is 0 Å². The first-order chi connectivity index (χ1) is 11.2. The highest BCUT2D eigenvalue weighted by atomic mass is 35.5. The monoisotopic (exact) mass is 344 g/mol. The molecular weight excluding hydrogens is 324 g/mol. The molecule has 1 atom stereocenters. The second kappa shape index (κ2) is 8.11. The quantitative estimate of drug-likeness (QED) is 0.663. The molecule has 1 heterocycles. The summed E-state index contributed by atoms with van der Waals surface area (Å²) in [7, 11) is 0. The van der Waals surface area contributed by atoms with Crippen LogP contribution < -0.4 is 5.32 Å². The lowest BCUT2D eigenvalue weighted by molar-refractivity contribution is 0.105. The van der Waals surface area contributed by atoms with E-state index in [9.17, 15) is 5.11 Å². The van der Waals surface area contributed by atoms with Gasteiger partial charge in [0.05, 0.1) is 23.9 Å². The third-order valence-corrected chi connectivity index (χ3v) is 3.80. The van der Waals surface area contributed by atoms with E-state index >= 15 is 0 Å². The fraction of sp³-hybridized carbons (Fsp3) is 0.211. The van der Waals surface area contributed by atoms with Crippen molar-refractivity contribution in [3.05, 3.63) is 60.2 Å². The summed E-state index contributed by atoms with van der Waals surface area (Å²) in [5.74, 6) is 0. The maximum atomic E-state index is 9.58. The Hall–Kier alpha value is -2.14. The Morgan fingerprint density at radius 3 is 2.50 bits per heavy atom. The predicted molar refractivity (Wildman–Crippen MR) is 101 cm³/mol. The van der Waals surface area contributed by atoms with Crippen LogP contribution in [0.15, 0.2) is 54.6 Å². The number of hydrogen-bond donors (Lipinski definition) is 3. The molecular formula is C19H21ClN2O2. The molecule has 1 aromatic heterocycles. The zero-order valence-corrected chi connectivity index (χ0v) is 14.3. The molecule has 0 saturated heterocycles. The number of nitrogens with zero attached hydrogens (tertiary/aromatic N) is 1. The minimum atomic E-state index is -0.787. The SMILES string of the molecule is Cc1ccc(-c2cc(NC[C@H](O)CO)c3ccccc3n2)cc1.Cl. The van der Waals surface area contributed by atoms with Crippen LogP contribution >= 0.6 is 12.4 Å². The molecule has 0 aliphatic heterocycles. The zero-order valence-electron chi connectivity index (χ0n) is 13.4. The van der Waals surface area contributed by atoms with Gasteiger partial charge in [0.25, 0.3) is 0 Å². The van der Waals surface area contributed by atoms with Crippen molar-refractivity contribution in [1.82, 2.24) is 4.98 Å². The number of pyridine rings is 1. The van der Waals surface area contributed by atoms with Crippen molar-refractivity contribution < 1.29 is 10.2 Å². The number of aryl methyl sites for hydroxylation is 1. The third-order valence-electron chi connectivity index (χ3n) is 3.80. The van der Waals surface area contributed by atoms with Crippen molar-refractivity contribution >= 4 is 29.0 Å². The minimum absolute atomic E-state index is 0. The molecule has 5 heteroatoms. The zero-order chi connectivity index (χ0) is 16.2. The summed E-state index contributed by atoms with van der Waals surface area (Å²) in [5, 5.41) is 22.8. The summed E-state index contributed by atoms with van der Waals surface area (Å²) >= 11 is 0. The van der Waals surface area contributed by atoms with Gasteiger partial charge in [0.15, 0.2) is 0 Å². The van der Waals surface area contributed by atoms with Gasteiger partial charge in [-0.3, -0.25) is 0 Å². The van der Waals surface area contributed by atoms with Gasteiger partial charge < -0.3 is 15.5 Å². The number of rotatable bonds is 5. The molecule has 0 bridgehead atoms. The molecule has 0 unspecified atom stereocenters. The average molecular weight is 345 g/mol. The number of aliphatic hydroxyl groups excluding tert-OH is 2. The minimum Gasteiger partial charge on any atom is -0.394 e. The van der Waals surface area contributed by atoms with Gasteiger partial charge >= 0.3 is 0 Å². The average Bonchev–Trinajstić information content (AvgIpc) is 2.59. The van der Waals surface area contributed by atoms with Crippen LogP contribution in [0.2, 0.25) is 0 Å². The Kier molecular flexibility index (Phi) is 6.15. The van der Waals surface area contributed by atoms with Crippen molar-refractivity contribution in [2.75, 3.05) is 18.5 Å². The lowest BCUT2D eigenvalue weighted by atomic mass is 10.1. The Balaban J connectivity index is 0.00000208. The van der Waals surface area contributed by atoms with Crippen LogP contribution in [-0.4, -0.2) is 34.5 Å². The summed E-state index contributed by atoms with van der Waals surface area (Å²) < 4.78 is 0.